The van der Waals surface area contributed by atoms with Crippen LogP contribution in [0.3, 0.4) is 0 Å². The number of nitro groups is 1. The van der Waals surface area contributed by atoms with Gasteiger partial charge in [-0.1, -0.05) is 24.3 Å². The lowest BCUT2D eigenvalue weighted by molar-refractivity contribution is -0.383. The summed E-state index contributed by atoms with van der Waals surface area (Å²) < 4.78 is 0. The van der Waals surface area contributed by atoms with Crippen LogP contribution in [-0.2, 0) is 0 Å². The van der Waals surface area contributed by atoms with E-state index in [0.717, 1.165) is 16.7 Å². The molecule has 2 aromatic carbocycles. The number of aromatic nitrogens is 2. The van der Waals surface area contributed by atoms with Crippen molar-refractivity contribution >= 4 is 16.7 Å². The van der Waals surface area contributed by atoms with Gasteiger partial charge in [0, 0.05) is 11.6 Å². The average molecular weight is 267 g/mol. The number of nitrogens with one attached hydrogen (secondary N) is 1. The molecule has 0 unspecified atom stereocenters. The van der Waals surface area contributed by atoms with Crippen molar-refractivity contribution in [2.24, 2.45) is 0 Å². The topological polar surface area (TPSA) is 71.8 Å². The van der Waals surface area contributed by atoms with Gasteiger partial charge in [-0.15, -0.1) is 0 Å². The minimum Gasteiger partial charge on any atom is -0.338 e. The highest BCUT2D eigenvalue weighted by Gasteiger charge is 2.17. The molecule has 1 aromatic heterocycles. The molecule has 0 atom stereocenters. The minimum atomic E-state index is -0.405. The van der Waals surface area contributed by atoms with Crippen LogP contribution in [0.25, 0.3) is 22.4 Å². The van der Waals surface area contributed by atoms with Gasteiger partial charge < -0.3 is 4.98 Å². The van der Waals surface area contributed by atoms with Crippen LogP contribution in [0.15, 0.2) is 36.4 Å². The molecule has 0 spiro atoms. The maximum Gasteiger partial charge on any atom is 0.297 e. The Hall–Kier alpha value is -2.69. The Bertz CT molecular complexity index is 801. The van der Waals surface area contributed by atoms with E-state index in [9.17, 15) is 10.1 Å². The molecule has 20 heavy (non-hydrogen) atoms. The van der Waals surface area contributed by atoms with Crippen LogP contribution >= 0.6 is 0 Å². The van der Waals surface area contributed by atoms with Crippen molar-refractivity contribution < 1.29 is 4.92 Å². The first kappa shape index (κ1) is 12.3. The second-order valence-corrected chi connectivity index (χ2v) is 4.78. The quantitative estimate of drug-likeness (QED) is 0.567. The van der Waals surface area contributed by atoms with E-state index in [1.165, 1.54) is 6.07 Å². The van der Waals surface area contributed by atoms with Crippen molar-refractivity contribution in [3.8, 4) is 11.4 Å². The van der Waals surface area contributed by atoms with E-state index >= 15 is 0 Å². The molecule has 3 rings (SSSR count). The third-order valence-corrected chi connectivity index (χ3v) is 3.41. The Kier molecular flexibility index (Phi) is 2.75. The second-order valence-electron chi connectivity index (χ2n) is 4.78. The zero-order chi connectivity index (χ0) is 14.3. The molecule has 0 amide bonds. The second kappa shape index (κ2) is 4.45. The molecule has 0 fully saturated rings. The van der Waals surface area contributed by atoms with Gasteiger partial charge in [0.2, 0.25) is 0 Å². The standard InChI is InChI=1S/C15H13N3O2/c1-9-5-3-6-10(2)13(9)15-16-11-7-4-8-12(18(19)20)14(11)17-15/h3-8H,1-2H3,(H,16,17). The van der Waals surface area contributed by atoms with Gasteiger partial charge in [0.25, 0.3) is 5.69 Å². The maximum absolute atomic E-state index is 11.0. The van der Waals surface area contributed by atoms with E-state index in [-0.39, 0.29) is 5.69 Å². The molecule has 3 aromatic rings. The first-order valence-electron chi connectivity index (χ1n) is 6.27. The van der Waals surface area contributed by atoms with Gasteiger partial charge in [-0.3, -0.25) is 10.1 Å². The van der Waals surface area contributed by atoms with Crippen molar-refractivity contribution in [2.75, 3.05) is 0 Å². The number of fused-ring (bicyclic) bond motifs is 1. The first-order chi connectivity index (χ1) is 9.58. The first-order valence-corrected chi connectivity index (χ1v) is 6.27. The van der Waals surface area contributed by atoms with E-state index in [1.54, 1.807) is 12.1 Å². The molecule has 5 heteroatoms. The average Bonchev–Trinajstić information content (AvgIpc) is 2.81. The number of benzene rings is 2. The summed E-state index contributed by atoms with van der Waals surface area (Å²) in [6.07, 6.45) is 0. The fourth-order valence-corrected chi connectivity index (χ4v) is 2.47. The fourth-order valence-electron chi connectivity index (χ4n) is 2.47. The molecule has 0 saturated carbocycles. The lowest BCUT2D eigenvalue weighted by Crippen LogP contribution is -1.90. The predicted molar refractivity (Wildman–Crippen MR) is 77.7 cm³/mol. The van der Waals surface area contributed by atoms with Gasteiger partial charge in [-0.25, -0.2) is 4.98 Å². The maximum atomic E-state index is 11.0. The van der Waals surface area contributed by atoms with Gasteiger partial charge in [-0.05, 0) is 31.0 Å². The number of hydrogen-bond acceptors (Lipinski definition) is 3. The van der Waals surface area contributed by atoms with E-state index in [0.29, 0.717) is 16.9 Å². The van der Waals surface area contributed by atoms with E-state index in [1.807, 2.05) is 32.0 Å². The van der Waals surface area contributed by atoms with Crippen LogP contribution in [0.2, 0.25) is 0 Å². The number of nitrogens with zero attached hydrogens (tertiary/aromatic N) is 2. The predicted octanol–water partition coefficient (Wildman–Crippen LogP) is 3.75. The van der Waals surface area contributed by atoms with Crippen molar-refractivity contribution in [3.63, 3.8) is 0 Å². The Morgan fingerprint density at radius 1 is 1.10 bits per heavy atom. The van der Waals surface area contributed by atoms with Crippen LogP contribution in [0.1, 0.15) is 11.1 Å². The molecule has 0 bridgehead atoms. The Labute approximate surface area is 115 Å². The van der Waals surface area contributed by atoms with Crippen LogP contribution in [0, 0.1) is 24.0 Å². The van der Waals surface area contributed by atoms with Crippen molar-refractivity contribution in [1.82, 2.24) is 9.97 Å². The highest BCUT2D eigenvalue weighted by molar-refractivity contribution is 5.87. The van der Waals surface area contributed by atoms with Crippen LogP contribution in [-0.4, -0.2) is 14.9 Å². The third-order valence-electron chi connectivity index (χ3n) is 3.41. The normalized spacial score (nSPS) is 10.9. The molecule has 100 valence electrons. The lowest BCUT2D eigenvalue weighted by atomic mass is 10.0. The fraction of sp³-hybridized carbons (Fsp3) is 0.133. The van der Waals surface area contributed by atoms with Crippen LogP contribution < -0.4 is 0 Å². The number of non-ortho nitro benzene ring substituents is 1. The number of aryl methyl sites for hydroxylation is 2. The van der Waals surface area contributed by atoms with Gasteiger partial charge in [0.1, 0.15) is 5.82 Å². The van der Waals surface area contributed by atoms with Crippen LogP contribution in [0.5, 0.6) is 0 Å². The van der Waals surface area contributed by atoms with Crippen molar-refractivity contribution in [3.05, 3.63) is 57.6 Å². The van der Waals surface area contributed by atoms with Gasteiger partial charge >= 0.3 is 0 Å². The number of hydrogen-bond donors (Lipinski definition) is 1. The van der Waals surface area contributed by atoms with E-state index in [4.69, 9.17) is 0 Å². The minimum absolute atomic E-state index is 0.0243. The SMILES string of the molecule is Cc1cccc(C)c1-c1nc2c([N+](=O)[O-])cccc2[nH]1. The van der Waals surface area contributed by atoms with Crippen molar-refractivity contribution in [2.45, 2.75) is 13.8 Å². The summed E-state index contributed by atoms with van der Waals surface area (Å²) >= 11 is 0. The number of rotatable bonds is 2. The molecule has 5 nitrogen and oxygen atoms in total. The summed E-state index contributed by atoms with van der Waals surface area (Å²) in [6.45, 7) is 4.01. The highest BCUT2D eigenvalue weighted by Crippen LogP contribution is 2.30. The summed E-state index contributed by atoms with van der Waals surface area (Å²) in [4.78, 5) is 18.2. The molecule has 0 aliphatic rings. The largest absolute Gasteiger partial charge is 0.338 e. The number of para-hydroxylation sites is 1. The van der Waals surface area contributed by atoms with Crippen molar-refractivity contribution in [1.29, 1.82) is 0 Å². The monoisotopic (exact) mass is 267 g/mol. The van der Waals surface area contributed by atoms with E-state index in [2.05, 4.69) is 9.97 Å². The summed E-state index contributed by atoms with van der Waals surface area (Å²) in [6, 6.07) is 10.9. The summed E-state index contributed by atoms with van der Waals surface area (Å²) in [7, 11) is 0. The molecule has 1 N–H and O–H groups in total. The Morgan fingerprint density at radius 3 is 2.40 bits per heavy atom. The van der Waals surface area contributed by atoms with Gasteiger partial charge in [-0.2, -0.15) is 0 Å². The Morgan fingerprint density at radius 2 is 1.75 bits per heavy atom. The lowest BCUT2D eigenvalue weighted by Gasteiger charge is -2.05. The molecule has 0 aliphatic heterocycles. The molecule has 1 heterocycles. The van der Waals surface area contributed by atoms with Gasteiger partial charge in [0.05, 0.1) is 10.4 Å². The summed E-state index contributed by atoms with van der Waals surface area (Å²) in [5.74, 6) is 0.671. The zero-order valence-corrected chi connectivity index (χ0v) is 11.2. The summed E-state index contributed by atoms with van der Waals surface area (Å²) in [5, 5.41) is 11.0. The number of nitro benzene ring substituents is 1. The smallest absolute Gasteiger partial charge is 0.297 e. The van der Waals surface area contributed by atoms with E-state index < -0.39 is 4.92 Å². The molecular weight excluding hydrogens is 254 g/mol. The number of imidazole rings is 1. The number of H-pyrrole nitrogens is 1. The van der Waals surface area contributed by atoms with Crippen LogP contribution in [0.4, 0.5) is 5.69 Å². The summed E-state index contributed by atoms with van der Waals surface area (Å²) in [5.41, 5.74) is 4.28. The highest BCUT2D eigenvalue weighted by atomic mass is 16.6. The molecule has 0 saturated heterocycles. The molecule has 0 radical (unpaired) electrons. The molecular formula is C15H13N3O2. The van der Waals surface area contributed by atoms with Gasteiger partial charge in [0.15, 0.2) is 5.52 Å². The third kappa shape index (κ3) is 1.84. The molecule has 0 aliphatic carbocycles. The Balaban J connectivity index is 2.29. The number of aromatic amines is 1. The zero-order valence-electron chi connectivity index (χ0n) is 11.2.